The number of esters is 1. The van der Waals surface area contributed by atoms with Crippen LogP contribution in [0.25, 0.3) is 0 Å². The van der Waals surface area contributed by atoms with Crippen molar-refractivity contribution in [1.82, 2.24) is 5.32 Å². The zero-order chi connectivity index (χ0) is 12.8. The minimum absolute atomic E-state index is 0.141. The Morgan fingerprint density at radius 2 is 2.18 bits per heavy atom. The van der Waals surface area contributed by atoms with Crippen molar-refractivity contribution in [2.24, 2.45) is 0 Å². The summed E-state index contributed by atoms with van der Waals surface area (Å²) in [4.78, 5) is 11.8. The highest BCUT2D eigenvalue weighted by Gasteiger charge is 2.22. The average Bonchev–Trinajstić information content (AvgIpc) is 2.26. The maximum absolute atomic E-state index is 11.8. The maximum Gasteiger partial charge on any atom is 0.327 e. The summed E-state index contributed by atoms with van der Waals surface area (Å²) >= 11 is 0. The Bertz CT molecular complexity index is 377. The van der Waals surface area contributed by atoms with Gasteiger partial charge in [0.1, 0.15) is 11.8 Å². The van der Waals surface area contributed by atoms with Crippen LogP contribution in [0.15, 0.2) is 24.3 Å². The van der Waals surface area contributed by atoms with Gasteiger partial charge in [-0.3, -0.25) is 5.32 Å². The fourth-order valence-corrected chi connectivity index (χ4v) is 1.56. The Morgan fingerprint density at radius 3 is 2.71 bits per heavy atom. The van der Waals surface area contributed by atoms with E-state index in [1.807, 2.05) is 13.8 Å². The second-order valence-electron chi connectivity index (χ2n) is 4.10. The molecule has 0 aliphatic rings. The zero-order valence-corrected chi connectivity index (χ0v) is 10.4. The minimum Gasteiger partial charge on any atom is -0.508 e. The molecule has 1 rings (SSSR count). The molecule has 0 bridgehead atoms. The molecule has 0 aliphatic heterocycles. The summed E-state index contributed by atoms with van der Waals surface area (Å²) in [7, 11) is 0. The first kappa shape index (κ1) is 13.5. The van der Waals surface area contributed by atoms with Crippen LogP contribution in [0.3, 0.4) is 0 Å². The van der Waals surface area contributed by atoms with Gasteiger partial charge in [-0.05, 0) is 38.5 Å². The minimum atomic E-state index is -0.540. The molecule has 1 atom stereocenters. The number of phenolic OH excluding ortho intramolecular Hbond substituents is 1. The Kier molecular flexibility index (Phi) is 4.97. The molecular formula is C13H19NO3. The number of hydrogen-bond donors (Lipinski definition) is 2. The number of carbonyl (C=O) groups excluding carboxylic acids is 1. The van der Waals surface area contributed by atoms with E-state index >= 15 is 0 Å². The molecule has 0 saturated carbocycles. The third-order valence-corrected chi connectivity index (χ3v) is 2.23. The van der Waals surface area contributed by atoms with Crippen LogP contribution in [0.2, 0.25) is 0 Å². The number of ether oxygens (including phenoxy) is 1. The van der Waals surface area contributed by atoms with Crippen LogP contribution in [-0.4, -0.2) is 23.7 Å². The van der Waals surface area contributed by atoms with E-state index in [1.165, 1.54) is 0 Å². The Labute approximate surface area is 102 Å². The molecule has 1 aromatic carbocycles. The molecule has 0 fully saturated rings. The highest BCUT2D eigenvalue weighted by Crippen LogP contribution is 2.20. The smallest absolute Gasteiger partial charge is 0.327 e. The quantitative estimate of drug-likeness (QED) is 0.769. The summed E-state index contributed by atoms with van der Waals surface area (Å²) in [5.74, 6) is -0.186. The van der Waals surface area contributed by atoms with Crippen LogP contribution in [0, 0.1) is 0 Å². The van der Waals surface area contributed by atoms with Crippen LogP contribution in [-0.2, 0) is 9.53 Å². The van der Waals surface area contributed by atoms with Crippen molar-refractivity contribution < 1.29 is 14.6 Å². The van der Waals surface area contributed by atoms with Crippen molar-refractivity contribution in [1.29, 1.82) is 0 Å². The Balaban J connectivity index is 2.93. The number of rotatable bonds is 5. The lowest BCUT2D eigenvalue weighted by Gasteiger charge is -2.20. The highest BCUT2D eigenvalue weighted by atomic mass is 16.5. The van der Waals surface area contributed by atoms with Gasteiger partial charge in [0.2, 0.25) is 0 Å². The van der Waals surface area contributed by atoms with E-state index in [9.17, 15) is 9.90 Å². The molecule has 0 spiro atoms. The summed E-state index contributed by atoms with van der Waals surface area (Å²) in [6.45, 7) is 6.02. The molecule has 1 unspecified atom stereocenters. The average molecular weight is 237 g/mol. The van der Waals surface area contributed by atoms with Crippen molar-refractivity contribution in [2.75, 3.05) is 6.61 Å². The van der Waals surface area contributed by atoms with E-state index in [0.717, 1.165) is 0 Å². The van der Waals surface area contributed by atoms with Gasteiger partial charge in [-0.25, -0.2) is 4.79 Å². The van der Waals surface area contributed by atoms with Crippen LogP contribution < -0.4 is 5.32 Å². The van der Waals surface area contributed by atoms with Gasteiger partial charge in [0.15, 0.2) is 0 Å². The predicted molar refractivity (Wildman–Crippen MR) is 65.8 cm³/mol. The van der Waals surface area contributed by atoms with Crippen molar-refractivity contribution in [3.8, 4) is 5.75 Å². The highest BCUT2D eigenvalue weighted by molar-refractivity contribution is 5.77. The first-order valence-corrected chi connectivity index (χ1v) is 5.76. The van der Waals surface area contributed by atoms with Gasteiger partial charge < -0.3 is 9.84 Å². The van der Waals surface area contributed by atoms with E-state index in [1.54, 1.807) is 31.2 Å². The zero-order valence-electron chi connectivity index (χ0n) is 10.4. The van der Waals surface area contributed by atoms with E-state index in [4.69, 9.17) is 4.74 Å². The van der Waals surface area contributed by atoms with Gasteiger partial charge in [0, 0.05) is 6.04 Å². The lowest BCUT2D eigenvalue weighted by molar-refractivity contribution is -0.146. The molecule has 0 amide bonds. The second-order valence-corrected chi connectivity index (χ2v) is 4.10. The standard InChI is InChI=1S/C13H19NO3/c1-4-17-13(16)12(14-9(2)3)10-6-5-7-11(15)8-10/h5-9,12,14-15H,4H2,1-3H3. The molecule has 94 valence electrons. The summed E-state index contributed by atoms with van der Waals surface area (Å²) < 4.78 is 5.02. The topological polar surface area (TPSA) is 58.6 Å². The molecule has 0 aliphatic carbocycles. The summed E-state index contributed by atoms with van der Waals surface area (Å²) in [5, 5.41) is 12.6. The van der Waals surface area contributed by atoms with Gasteiger partial charge in [-0.15, -0.1) is 0 Å². The number of benzene rings is 1. The SMILES string of the molecule is CCOC(=O)C(NC(C)C)c1cccc(O)c1. The normalized spacial score (nSPS) is 12.5. The van der Waals surface area contributed by atoms with Crippen LogP contribution in [0.4, 0.5) is 0 Å². The van der Waals surface area contributed by atoms with E-state index in [0.29, 0.717) is 12.2 Å². The molecular weight excluding hydrogens is 218 g/mol. The summed E-state index contributed by atoms with van der Waals surface area (Å²) in [5.41, 5.74) is 0.706. The first-order chi connectivity index (χ1) is 8.04. The number of aromatic hydroxyl groups is 1. The molecule has 0 heterocycles. The summed E-state index contributed by atoms with van der Waals surface area (Å²) in [6.07, 6.45) is 0. The first-order valence-electron chi connectivity index (χ1n) is 5.76. The van der Waals surface area contributed by atoms with Crippen molar-refractivity contribution >= 4 is 5.97 Å². The van der Waals surface area contributed by atoms with Crippen LogP contribution >= 0.6 is 0 Å². The lowest BCUT2D eigenvalue weighted by Crippen LogP contribution is -2.34. The molecule has 0 radical (unpaired) electrons. The molecule has 1 aromatic rings. The molecule has 4 nitrogen and oxygen atoms in total. The predicted octanol–water partition coefficient (Wildman–Crippen LogP) is 1.99. The van der Waals surface area contributed by atoms with Gasteiger partial charge >= 0.3 is 5.97 Å². The molecule has 0 saturated heterocycles. The maximum atomic E-state index is 11.8. The number of hydrogen-bond acceptors (Lipinski definition) is 4. The number of phenols is 1. The summed E-state index contributed by atoms with van der Waals surface area (Å²) in [6, 6.07) is 6.24. The van der Waals surface area contributed by atoms with Gasteiger partial charge in [0.05, 0.1) is 6.61 Å². The monoisotopic (exact) mass is 237 g/mol. The molecule has 0 aromatic heterocycles. The van der Waals surface area contributed by atoms with E-state index < -0.39 is 6.04 Å². The van der Waals surface area contributed by atoms with Gasteiger partial charge in [0.25, 0.3) is 0 Å². The van der Waals surface area contributed by atoms with Gasteiger partial charge in [-0.1, -0.05) is 12.1 Å². The van der Waals surface area contributed by atoms with Crippen LogP contribution in [0.1, 0.15) is 32.4 Å². The second kappa shape index (κ2) is 6.25. The molecule has 17 heavy (non-hydrogen) atoms. The van der Waals surface area contributed by atoms with Crippen molar-refractivity contribution in [2.45, 2.75) is 32.9 Å². The number of carbonyl (C=O) groups is 1. The Hall–Kier alpha value is -1.55. The molecule has 4 heteroatoms. The third-order valence-electron chi connectivity index (χ3n) is 2.23. The van der Waals surface area contributed by atoms with Crippen LogP contribution in [0.5, 0.6) is 5.75 Å². The van der Waals surface area contributed by atoms with Crippen molar-refractivity contribution in [3.05, 3.63) is 29.8 Å². The molecule has 2 N–H and O–H groups in total. The van der Waals surface area contributed by atoms with E-state index in [2.05, 4.69) is 5.32 Å². The largest absolute Gasteiger partial charge is 0.508 e. The lowest BCUT2D eigenvalue weighted by atomic mass is 10.1. The van der Waals surface area contributed by atoms with Crippen molar-refractivity contribution in [3.63, 3.8) is 0 Å². The van der Waals surface area contributed by atoms with Gasteiger partial charge in [-0.2, -0.15) is 0 Å². The Morgan fingerprint density at radius 1 is 1.47 bits per heavy atom. The fourth-order valence-electron chi connectivity index (χ4n) is 1.56. The fraction of sp³-hybridized carbons (Fsp3) is 0.462. The number of nitrogens with one attached hydrogen (secondary N) is 1. The van der Waals surface area contributed by atoms with E-state index in [-0.39, 0.29) is 17.8 Å². The third kappa shape index (κ3) is 4.07.